The first-order chi connectivity index (χ1) is 8.45. The fourth-order valence-corrected chi connectivity index (χ4v) is 2.71. The van der Waals surface area contributed by atoms with Gasteiger partial charge in [-0.1, -0.05) is 11.6 Å². The normalized spacial score (nSPS) is 27.7. The second kappa shape index (κ2) is 5.29. The van der Waals surface area contributed by atoms with E-state index in [0.717, 1.165) is 4.57 Å². The highest BCUT2D eigenvalue weighted by Crippen LogP contribution is 2.29. The standard InChI is InChI=1S/C9H10ClIN2O5/c10-6-7(11)13(9(17)12-8(6)16)5-1-3(15)4(2-14)18-5/h3-5,14-15H,1-2H2,(H,12,16,17)/t3?,4-,5-/m0/s1. The maximum atomic E-state index is 11.7. The molecule has 0 aliphatic carbocycles. The molecule has 1 aromatic heterocycles. The van der Waals surface area contributed by atoms with Crippen molar-refractivity contribution in [3.05, 3.63) is 29.6 Å². The van der Waals surface area contributed by atoms with Crippen LogP contribution in [0.25, 0.3) is 0 Å². The van der Waals surface area contributed by atoms with Crippen LogP contribution in [0.5, 0.6) is 0 Å². The van der Waals surface area contributed by atoms with E-state index in [4.69, 9.17) is 21.4 Å². The average molecular weight is 389 g/mol. The minimum atomic E-state index is -0.867. The average Bonchev–Trinajstić information content (AvgIpc) is 2.67. The third-order valence-electron chi connectivity index (χ3n) is 2.70. The number of aliphatic hydroxyl groups excluding tert-OH is 2. The predicted octanol–water partition coefficient (Wildman–Crippen LogP) is -0.565. The molecule has 1 saturated heterocycles. The quantitative estimate of drug-likeness (QED) is 0.465. The second-order valence-corrected chi connectivity index (χ2v) is 5.25. The van der Waals surface area contributed by atoms with Crippen LogP contribution in [0, 0.1) is 3.70 Å². The van der Waals surface area contributed by atoms with Crippen molar-refractivity contribution in [3.8, 4) is 0 Å². The lowest BCUT2D eigenvalue weighted by Gasteiger charge is -2.16. The lowest BCUT2D eigenvalue weighted by molar-refractivity contribution is -0.0467. The molecule has 100 valence electrons. The van der Waals surface area contributed by atoms with Gasteiger partial charge in [-0.25, -0.2) is 4.79 Å². The van der Waals surface area contributed by atoms with Crippen LogP contribution in [-0.2, 0) is 4.74 Å². The number of H-pyrrole nitrogens is 1. The van der Waals surface area contributed by atoms with Gasteiger partial charge in [-0.2, -0.15) is 0 Å². The minimum Gasteiger partial charge on any atom is -0.394 e. The number of halogens is 2. The largest absolute Gasteiger partial charge is 0.394 e. The molecular formula is C9H10ClIN2O5. The Hall–Kier alpha value is -0.420. The van der Waals surface area contributed by atoms with Gasteiger partial charge in [-0.15, -0.1) is 0 Å². The molecule has 1 fully saturated rings. The van der Waals surface area contributed by atoms with Crippen LogP contribution < -0.4 is 11.2 Å². The van der Waals surface area contributed by atoms with Crippen molar-refractivity contribution in [2.24, 2.45) is 0 Å². The van der Waals surface area contributed by atoms with E-state index in [2.05, 4.69) is 4.98 Å². The van der Waals surface area contributed by atoms with Crippen molar-refractivity contribution in [2.45, 2.75) is 24.9 Å². The highest BCUT2D eigenvalue weighted by atomic mass is 127. The maximum absolute atomic E-state index is 11.7. The highest BCUT2D eigenvalue weighted by molar-refractivity contribution is 14.1. The summed E-state index contributed by atoms with van der Waals surface area (Å²) in [6, 6.07) is 0. The molecule has 18 heavy (non-hydrogen) atoms. The Kier molecular flexibility index (Phi) is 4.11. The van der Waals surface area contributed by atoms with E-state index in [0.29, 0.717) is 0 Å². The zero-order valence-corrected chi connectivity index (χ0v) is 11.9. The Labute approximate surface area is 119 Å². The van der Waals surface area contributed by atoms with Gasteiger partial charge in [0.15, 0.2) is 0 Å². The molecule has 0 spiro atoms. The first-order valence-corrected chi connectivity index (χ1v) is 6.55. The van der Waals surface area contributed by atoms with Gasteiger partial charge in [-0.3, -0.25) is 14.3 Å². The monoisotopic (exact) mass is 388 g/mol. The summed E-state index contributed by atoms with van der Waals surface area (Å²) >= 11 is 7.52. The Morgan fingerprint density at radius 3 is 2.78 bits per heavy atom. The molecule has 7 nitrogen and oxygen atoms in total. The van der Waals surface area contributed by atoms with Crippen molar-refractivity contribution in [2.75, 3.05) is 6.61 Å². The Morgan fingerprint density at radius 1 is 1.56 bits per heavy atom. The number of ether oxygens (including phenoxy) is 1. The Morgan fingerprint density at radius 2 is 2.22 bits per heavy atom. The maximum Gasteiger partial charge on any atom is 0.331 e. The van der Waals surface area contributed by atoms with Crippen LogP contribution in [0.3, 0.4) is 0 Å². The van der Waals surface area contributed by atoms with E-state index in [1.165, 1.54) is 0 Å². The number of hydrogen-bond acceptors (Lipinski definition) is 5. The summed E-state index contributed by atoms with van der Waals surface area (Å²) in [6.07, 6.45) is -2.23. The smallest absolute Gasteiger partial charge is 0.331 e. The van der Waals surface area contributed by atoms with Gasteiger partial charge in [0.25, 0.3) is 5.56 Å². The number of nitrogens with zero attached hydrogens (tertiary/aromatic N) is 1. The molecule has 0 radical (unpaired) electrons. The van der Waals surface area contributed by atoms with E-state index in [1.54, 1.807) is 22.6 Å². The summed E-state index contributed by atoms with van der Waals surface area (Å²) < 4.78 is 6.73. The van der Waals surface area contributed by atoms with Crippen molar-refractivity contribution >= 4 is 34.2 Å². The number of rotatable bonds is 2. The fourth-order valence-electron chi connectivity index (χ4n) is 1.80. The minimum absolute atomic E-state index is 0.110. The third-order valence-corrected chi connectivity index (χ3v) is 4.43. The summed E-state index contributed by atoms with van der Waals surface area (Å²) in [6.45, 7) is -0.347. The molecule has 3 N–H and O–H groups in total. The van der Waals surface area contributed by atoms with Gasteiger partial charge < -0.3 is 14.9 Å². The zero-order chi connectivity index (χ0) is 13.4. The molecule has 3 atom stereocenters. The lowest BCUT2D eigenvalue weighted by atomic mass is 10.2. The topological polar surface area (TPSA) is 105 Å². The van der Waals surface area contributed by atoms with E-state index < -0.39 is 29.7 Å². The zero-order valence-electron chi connectivity index (χ0n) is 8.97. The van der Waals surface area contributed by atoms with Gasteiger partial charge in [-0.05, 0) is 22.6 Å². The molecule has 2 rings (SSSR count). The van der Waals surface area contributed by atoms with Gasteiger partial charge in [0.05, 0.1) is 12.7 Å². The molecule has 1 aromatic rings. The predicted molar refractivity (Wildman–Crippen MR) is 70.7 cm³/mol. The van der Waals surface area contributed by atoms with Gasteiger partial charge >= 0.3 is 5.69 Å². The summed E-state index contributed by atoms with van der Waals surface area (Å²) in [5.41, 5.74) is -1.33. The van der Waals surface area contributed by atoms with Crippen molar-refractivity contribution < 1.29 is 14.9 Å². The van der Waals surface area contributed by atoms with Crippen LogP contribution in [0.1, 0.15) is 12.6 Å². The number of aromatic amines is 1. The van der Waals surface area contributed by atoms with E-state index >= 15 is 0 Å². The summed E-state index contributed by atoms with van der Waals surface area (Å²) in [7, 11) is 0. The molecule has 0 aromatic carbocycles. The Balaban J connectivity index is 2.45. The molecule has 1 unspecified atom stereocenters. The summed E-state index contributed by atoms with van der Waals surface area (Å²) in [5, 5.41) is 18.5. The number of aromatic nitrogens is 2. The molecule has 0 bridgehead atoms. The van der Waals surface area contributed by atoms with Gasteiger partial charge in [0.1, 0.15) is 21.1 Å². The van der Waals surface area contributed by atoms with Gasteiger partial charge in [0.2, 0.25) is 0 Å². The lowest BCUT2D eigenvalue weighted by Crippen LogP contribution is -2.35. The summed E-state index contributed by atoms with van der Waals surface area (Å²) in [5.74, 6) is 0. The van der Waals surface area contributed by atoms with Crippen LogP contribution in [0.15, 0.2) is 9.59 Å². The molecule has 2 heterocycles. The fraction of sp³-hybridized carbons (Fsp3) is 0.556. The Bertz CT molecular complexity index is 571. The number of hydrogen-bond donors (Lipinski definition) is 3. The first kappa shape index (κ1) is 14.0. The molecule has 9 heteroatoms. The molecule has 1 aliphatic heterocycles. The molecule has 1 aliphatic rings. The molecular weight excluding hydrogens is 378 g/mol. The van der Waals surface area contributed by atoms with Crippen molar-refractivity contribution in [1.82, 2.24) is 9.55 Å². The molecule has 0 saturated carbocycles. The van der Waals surface area contributed by atoms with Crippen LogP contribution >= 0.6 is 34.2 Å². The van der Waals surface area contributed by atoms with Crippen LogP contribution in [0.2, 0.25) is 5.02 Å². The SMILES string of the molecule is O=c1[nH]c(=O)n([C@@H]2CC(O)[C@H](CO)O2)c(I)c1Cl. The van der Waals surface area contributed by atoms with Crippen LogP contribution in [0.4, 0.5) is 0 Å². The first-order valence-electron chi connectivity index (χ1n) is 5.10. The van der Waals surface area contributed by atoms with E-state index in [9.17, 15) is 14.7 Å². The second-order valence-electron chi connectivity index (χ2n) is 3.85. The summed E-state index contributed by atoms with van der Waals surface area (Å²) in [4.78, 5) is 25.1. The van der Waals surface area contributed by atoms with E-state index in [-0.39, 0.29) is 21.8 Å². The molecule has 0 amide bonds. The highest BCUT2D eigenvalue weighted by Gasteiger charge is 2.36. The van der Waals surface area contributed by atoms with Crippen molar-refractivity contribution in [1.29, 1.82) is 0 Å². The van der Waals surface area contributed by atoms with Crippen molar-refractivity contribution in [3.63, 3.8) is 0 Å². The van der Waals surface area contributed by atoms with E-state index in [1.807, 2.05) is 0 Å². The van der Waals surface area contributed by atoms with Gasteiger partial charge in [0, 0.05) is 6.42 Å². The van der Waals surface area contributed by atoms with Crippen LogP contribution in [-0.4, -0.2) is 38.6 Å². The number of nitrogens with one attached hydrogen (secondary N) is 1. The number of aliphatic hydroxyl groups is 2. The third kappa shape index (κ3) is 2.35.